The minimum Gasteiger partial charge on any atom is -0.493 e. The molecule has 0 saturated carbocycles. The van der Waals surface area contributed by atoms with E-state index in [1.165, 1.54) is 55.6 Å². The van der Waals surface area contributed by atoms with Crippen LogP contribution in [0.2, 0.25) is 0 Å². The number of methoxy groups -OCH3 is 2. The quantitative estimate of drug-likeness (QED) is 0.0271. The van der Waals surface area contributed by atoms with Gasteiger partial charge in [-0.05, 0) is 210 Å². The lowest BCUT2D eigenvalue weighted by Gasteiger charge is -2.35. The van der Waals surface area contributed by atoms with Crippen LogP contribution in [0.15, 0.2) is 303 Å². The first-order valence-electron chi connectivity index (χ1n) is 40.4. The zero-order chi connectivity index (χ0) is 82.6. The highest BCUT2D eigenvalue weighted by molar-refractivity contribution is 5.91. The number of aryl methyl sites for hydroxylation is 4. The van der Waals surface area contributed by atoms with Gasteiger partial charge in [0.15, 0.2) is 23.0 Å². The molecule has 0 unspecified atom stereocenters. The smallest absolute Gasteiger partial charge is 0.161 e. The van der Waals surface area contributed by atoms with Crippen molar-refractivity contribution in [2.45, 2.75) is 43.9 Å². The molecule has 0 bridgehead atoms. The highest BCUT2D eigenvalue weighted by Gasteiger charge is 2.50. The molecule has 0 aliphatic heterocycles. The van der Waals surface area contributed by atoms with Crippen molar-refractivity contribution in [3.63, 3.8) is 0 Å². The third kappa shape index (κ3) is 15.0. The molecule has 119 heavy (non-hydrogen) atoms. The summed E-state index contributed by atoms with van der Waals surface area (Å²) < 4.78 is 46.9. The lowest BCUT2D eigenvalue weighted by molar-refractivity contribution is 0.196. The summed E-state index contributed by atoms with van der Waals surface area (Å²) in [5.41, 5.74) is 27.4. The second kappa shape index (κ2) is 36.4. The van der Waals surface area contributed by atoms with Crippen molar-refractivity contribution in [2.75, 3.05) is 93.5 Å². The predicted molar refractivity (Wildman–Crippen MR) is 470 cm³/mol. The first-order valence-corrected chi connectivity index (χ1v) is 40.4. The number of aliphatic hydroxyl groups excluding tert-OH is 6. The average molecular weight is 1580 g/mol. The molecule has 3 aliphatic rings. The molecule has 0 saturated heterocycles. The number of fused-ring (bicyclic) bond motifs is 9. The normalized spacial score (nSPS) is 13.0. The molecule has 0 heterocycles. The lowest BCUT2D eigenvalue weighted by atomic mass is 9.66. The molecule has 0 atom stereocenters. The summed E-state index contributed by atoms with van der Waals surface area (Å²) in [6.45, 7) is 9.30. The molecule has 0 radical (unpaired) electrons. The molecular formula is C105H98O14. The SMILES string of the molecule is COc1cc(C2(c3ccc(OCCO)c(OC)c3)c3ccccc3-c3ccccc32)ccc1OCCO.Cc1cc(C2(c3cc(C)c(OCCO)c(C)c3)c3ccccc3-c3ccccc32)cc(C)c1OCCO.OCCOc1ccc(C2(c3ccc(OCCO)c(-c4ccccc4)c3)c3ccccc3-c3ccccc32)cc1-c1ccccc1. The van der Waals surface area contributed by atoms with Crippen molar-refractivity contribution in [2.24, 2.45) is 0 Å². The number of aliphatic hydroxyl groups is 6. The Morgan fingerprint density at radius 3 is 0.706 bits per heavy atom. The van der Waals surface area contributed by atoms with E-state index in [1.54, 1.807) is 14.2 Å². The van der Waals surface area contributed by atoms with Gasteiger partial charge >= 0.3 is 0 Å². The molecule has 14 aromatic rings. The molecule has 14 aromatic carbocycles. The van der Waals surface area contributed by atoms with Gasteiger partial charge in [-0.1, -0.05) is 255 Å². The van der Waals surface area contributed by atoms with Crippen LogP contribution in [-0.4, -0.2) is 124 Å². The Bertz CT molecular complexity index is 5510. The van der Waals surface area contributed by atoms with Gasteiger partial charge in [-0.2, -0.15) is 0 Å². The van der Waals surface area contributed by atoms with Gasteiger partial charge in [-0.25, -0.2) is 0 Å². The molecule has 0 fully saturated rings. The monoisotopic (exact) mass is 1580 g/mol. The minimum atomic E-state index is -0.668. The van der Waals surface area contributed by atoms with Gasteiger partial charge in [0.2, 0.25) is 0 Å². The van der Waals surface area contributed by atoms with Crippen LogP contribution in [0, 0.1) is 27.7 Å². The second-order valence-corrected chi connectivity index (χ2v) is 29.7. The van der Waals surface area contributed by atoms with E-state index in [0.717, 1.165) is 112 Å². The molecule has 6 N–H and O–H groups in total. The zero-order valence-corrected chi connectivity index (χ0v) is 67.8. The second-order valence-electron chi connectivity index (χ2n) is 29.7. The van der Waals surface area contributed by atoms with Crippen LogP contribution in [0.25, 0.3) is 55.6 Å². The minimum absolute atomic E-state index is 0.0193. The van der Waals surface area contributed by atoms with Crippen LogP contribution in [0.3, 0.4) is 0 Å². The molecule has 3 aliphatic carbocycles. The maximum atomic E-state index is 9.57. The largest absolute Gasteiger partial charge is 0.493 e. The van der Waals surface area contributed by atoms with Gasteiger partial charge in [0.25, 0.3) is 0 Å². The third-order valence-electron chi connectivity index (χ3n) is 22.9. The van der Waals surface area contributed by atoms with E-state index in [1.807, 2.05) is 72.8 Å². The fourth-order valence-corrected chi connectivity index (χ4v) is 18.3. The summed E-state index contributed by atoms with van der Waals surface area (Å²) in [4.78, 5) is 0. The number of ether oxygens (including phenoxy) is 8. The summed E-state index contributed by atoms with van der Waals surface area (Å²) in [6.07, 6.45) is 0. The van der Waals surface area contributed by atoms with E-state index in [0.29, 0.717) is 23.0 Å². The van der Waals surface area contributed by atoms with Crippen LogP contribution in [0.1, 0.15) is 89.0 Å². The highest BCUT2D eigenvalue weighted by atomic mass is 16.5. The van der Waals surface area contributed by atoms with E-state index >= 15 is 0 Å². The predicted octanol–water partition coefficient (Wildman–Crippen LogP) is 19.0. The van der Waals surface area contributed by atoms with Crippen molar-refractivity contribution in [3.05, 3.63) is 392 Å². The molecule has 0 aromatic heterocycles. The van der Waals surface area contributed by atoms with E-state index in [-0.39, 0.29) is 79.3 Å². The Balaban J connectivity index is 0.000000140. The molecule has 0 spiro atoms. The van der Waals surface area contributed by atoms with Crippen molar-refractivity contribution in [1.29, 1.82) is 0 Å². The van der Waals surface area contributed by atoms with E-state index in [4.69, 9.17) is 37.9 Å². The lowest BCUT2D eigenvalue weighted by Crippen LogP contribution is -2.29. The third-order valence-corrected chi connectivity index (χ3v) is 22.9. The van der Waals surface area contributed by atoms with Crippen molar-refractivity contribution >= 4 is 0 Å². The van der Waals surface area contributed by atoms with E-state index < -0.39 is 16.2 Å². The number of hydrogen-bond donors (Lipinski definition) is 6. The van der Waals surface area contributed by atoms with Gasteiger partial charge in [0, 0.05) is 11.1 Å². The van der Waals surface area contributed by atoms with Crippen molar-refractivity contribution in [3.8, 4) is 102 Å². The molecule has 17 rings (SSSR count). The molecule has 0 amide bonds. The van der Waals surface area contributed by atoms with Crippen molar-refractivity contribution < 1.29 is 68.5 Å². The topological polar surface area (TPSA) is 195 Å². The van der Waals surface area contributed by atoms with Crippen LogP contribution in [0.5, 0.6) is 46.0 Å². The van der Waals surface area contributed by atoms with E-state index in [2.05, 4.69) is 258 Å². The van der Waals surface area contributed by atoms with Crippen LogP contribution in [0.4, 0.5) is 0 Å². The number of hydrogen-bond acceptors (Lipinski definition) is 14. The first kappa shape index (κ1) is 81.4. The fourth-order valence-electron chi connectivity index (χ4n) is 18.3. The van der Waals surface area contributed by atoms with Crippen LogP contribution in [-0.2, 0) is 16.2 Å². The van der Waals surface area contributed by atoms with Gasteiger partial charge in [0.05, 0.1) is 70.1 Å². The molecule has 602 valence electrons. The number of benzene rings is 14. The number of rotatable bonds is 28. The molecular weight excluding hydrogens is 1490 g/mol. The Labute approximate surface area is 696 Å². The van der Waals surface area contributed by atoms with Crippen LogP contribution < -0.4 is 37.9 Å². The molecule has 14 nitrogen and oxygen atoms in total. The highest BCUT2D eigenvalue weighted by Crippen LogP contribution is 2.61. The Morgan fingerprint density at radius 2 is 0.437 bits per heavy atom. The summed E-state index contributed by atoms with van der Waals surface area (Å²) >= 11 is 0. The Kier molecular flexibility index (Phi) is 24.9. The first-order chi connectivity index (χ1) is 58.4. The standard InChI is InChI=1S/C41H34O4.C33H34O4.C31H30O6/c42-23-25-44-39-21-19-31(27-35(39)29-11-3-1-4-12-29)41(37-17-9-7-15-33(37)34-16-8-10-18-38(34)41)32-20-22-40(45-26-24-43)36(28-32)30-13-5-2-6-14-30;1-21-17-25(18-22(2)31(21)36-15-13-34)33(26-19-23(3)32(24(4)20-26)37-16-14-35)29-11-7-5-9-27(29)28-10-6-8-12-30(28)33;1-34-29-19-21(11-13-27(29)36-17-15-32)31(22-12-14-28(37-18-16-33)30(20-22)35-2)25-9-5-3-7-23(25)24-8-4-6-10-26(24)31/h1-22,27-28,42-43H,23-26H2;5-12,17-20,34-35H,13-16H2,1-4H3;3-14,19-20,32-33H,15-18H2,1-2H3. The van der Waals surface area contributed by atoms with E-state index in [9.17, 15) is 30.6 Å². The summed E-state index contributed by atoms with van der Waals surface area (Å²) in [5, 5.41) is 56.3. The van der Waals surface area contributed by atoms with Gasteiger partial charge in [0.1, 0.15) is 62.6 Å². The Morgan fingerprint density at radius 1 is 0.210 bits per heavy atom. The van der Waals surface area contributed by atoms with Gasteiger partial charge in [-0.15, -0.1) is 0 Å². The average Bonchev–Trinajstić information content (AvgIpc) is 1.57. The van der Waals surface area contributed by atoms with Crippen LogP contribution >= 0.6 is 0 Å². The van der Waals surface area contributed by atoms with Gasteiger partial charge in [-0.3, -0.25) is 0 Å². The maximum Gasteiger partial charge on any atom is 0.161 e. The van der Waals surface area contributed by atoms with Gasteiger partial charge < -0.3 is 68.5 Å². The van der Waals surface area contributed by atoms with Crippen molar-refractivity contribution in [1.82, 2.24) is 0 Å². The Hall–Kier alpha value is -12.8. The summed E-state index contributed by atoms with van der Waals surface area (Å²) in [6, 6.07) is 106. The summed E-state index contributed by atoms with van der Waals surface area (Å²) in [5.74, 6) is 5.42. The maximum absolute atomic E-state index is 9.57. The fraction of sp³-hybridized carbons (Fsp3) is 0.200. The molecule has 14 heteroatoms. The zero-order valence-electron chi connectivity index (χ0n) is 67.8. The summed E-state index contributed by atoms with van der Waals surface area (Å²) in [7, 11) is 3.23.